The van der Waals surface area contributed by atoms with E-state index in [4.69, 9.17) is 11.6 Å². The molecule has 0 saturated heterocycles. The molecule has 0 fully saturated rings. The van der Waals surface area contributed by atoms with Gasteiger partial charge in [-0.05, 0) is 19.1 Å². The normalized spacial score (nSPS) is 13.2. The third-order valence-electron chi connectivity index (χ3n) is 3.27. The Morgan fingerprint density at radius 3 is 2.59 bits per heavy atom. The third kappa shape index (κ3) is 4.59. The van der Waals surface area contributed by atoms with Crippen molar-refractivity contribution in [1.82, 2.24) is 10.2 Å². The molecule has 2 atom stereocenters. The first-order chi connectivity index (χ1) is 10.3. The SMILES string of the molecule is COC(=O)C(C)CN(C)C(=O)NC(C)c1c(F)cccc1Cl. The smallest absolute Gasteiger partial charge is 0.317 e. The molecule has 0 radical (unpaired) electrons. The van der Waals surface area contributed by atoms with Gasteiger partial charge in [-0.1, -0.05) is 24.6 Å². The Morgan fingerprint density at radius 2 is 2.05 bits per heavy atom. The highest BCUT2D eigenvalue weighted by Crippen LogP contribution is 2.25. The summed E-state index contributed by atoms with van der Waals surface area (Å²) in [5.41, 5.74) is 0.229. The van der Waals surface area contributed by atoms with Gasteiger partial charge in [-0.25, -0.2) is 9.18 Å². The first-order valence-corrected chi connectivity index (χ1v) is 7.19. The van der Waals surface area contributed by atoms with E-state index in [0.29, 0.717) is 0 Å². The van der Waals surface area contributed by atoms with Gasteiger partial charge in [0.05, 0.1) is 19.1 Å². The molecule has 1 rings (SSSR count). The highest BCUT2D eigenvalue weighted by atomic mass is 35.5. The van der Waals surface area contributed by atoms with Crippen LogP contribution in [-0.4, -0.2) is 37.6 Å². The van der Waals surface area contributed by atoms with E-state index in [1.165, 1.54) is 24.1 Å². The number of carbonyl (C=O) groups excluding carboxylic acids is 2. The minimum atomic E-state index is -0.600. The lowest BCUT2D eigenvalue weighted by atomic mass is 10.1. The fraction of sp³-hybridized carbons (Fsp3) is 0.467. The van der Waals surface area contributed by atoms with Crippen molar-refractivity contribution in [3.8, 4) is 0 Å². The Hall–Kier alpha value is -1.82. The third-order valence-corrected chi connectivity index (χ3v) is 3.60. The van der Waals surface area contributed by atoms with Crippen LogP contribution >= 0.6 is 11.6 Å². The van der Waals surface area contributed by atoms with Crippen LogP contribution in [0.4, 0.5) is 9.18 Å². The summed E-state index contributed by atoms with van der Waals surface area (Å²) in [5.74, 6) is -1.33. The summed E-state index contributed by atoms with van der Waals surface area (Å²) in [4.78, 5) is 24.8. The fourth-order valence-electron chi connectivity index (χ4n) is 2.06. The molecular formula is C15H20ClFN2O3. The zero-order chi connectivity index (χ0) is 16.9. The molecule has 5 nitrogen and oxygen atoms in total. The Kier molecular flexibility index (Phi) is 6.61. The Labute approximate surface area is 134 Å². The van der Waals surface area contributed by atoms with Crippen molar-refractivity contribution in [3.05, 3.63) is 34.6 Å². The zero-order valence-electron chi connectivity index (χ0n) is 13.0. The predicted molar refractivity (Wildman–Crippen MR) is 82.2 cm³/mol. The first kappa shape index (κ1) is 18.2. The van der Waals surface area contributed by atoms with Crippen molar-refractivity contribution in [2.75, 3.05) is 20.7 Å². The standard InChI is InChI=1S/C15H20ClFN2O3/c1-9(14(20)22-4)8-19(3)15(21)18-10(2)13-11(16)6-5-7-12(13)17/h5-7,9-10H,8H2,1-4H3,(H,18,21). The summed E-state index contributed by atoms with van der Waals surface area (Å²) in [7, 11) is 2.84. The van der Waals surface area contributed by atoms with E-state index in [1.54, 1.807) is 27.0 Å². The second-order valence-corrected chi connectivity index (χ2v) is 5.52. The number of nitrogens with zero attached hydrogens (tertiary/aromatic N) is 1. The van der Waals surface area contributed by atoms with Crippen molar-refractivity contribution in [2.45, 2.75) is 19.9 Å². The largest absolute Gasteiger partial charge is 0.469 e. The van der Waals surface area contributed by atoms with Crippen molar-refractivity contribution >= 4 is 23.6 Å². The number of halogens is 2. The number of hydrogen-bond acceptors (Lipinski definition) is 3. The molecule has 2 amide bonds. The molecule has 0 saturated carbocycles. The van der Waals surface area contributed by atoms with E-state index >= 15 is 0 Å². The zero-order valence-corrected chi connectivity index (χ0v) is 13.8. The highest BCUT2D eigenvalue weighted by molar-refractivity contribution is 6.31. The van der Waals surface area contributed by atoms with Crippen molar-refractivity contribution in [3.63, 3.8) is 0 Å². The van der Waals surface area contributed by atoms with Crippen LogP contribution in [-0.2, 0) is 9.53 Å². The number of carbonyl (C=O) groups is 2. The van der Waals surface area contributed by atoms with Gasteiger partial charge >= 0.3 is 12.0 Å². The molecule has 122 valence electrons. The lowest BCUT2D eigenvalue weighted by molar-refractivity contribution is -0.145. The van der Waals surface area contributed by atoms with Crippen molar-refractivity contribution < 1.29 is 18.7 Å². The van der Waals surface area contributed by atoms with Crippen molar-refractivity contribution in [1.29, 1.82) is 0 Å². The van der Waals surface area contributed by atoms with Crippen LogP contribution in [0.1, 0.15) is 25.5 Å². The highest BCUT2D eigenvalue weighted by Gasteiger charge is 2.22. The van der Waals surface area contributed by atoms with Gasteiger partial charge in [-0.2, -0.15) is 0 Å². The molecule has 0 aliphatic carbocycles. The number of rotatable bonds is 5. The molecule has 22 heavy (non-hydrogen) atoms. The topological polar surface area (TPSA) is 58.6 Å². The molecular weight excluding hydrogens is 311 g/mol. The second-order valence-electron chi connectivity index (χ2n) is 5.11. The quantitative estimate of drug-likeness (QED) is 0.844. The van der Waals surface area contributed by atoms with Crippen LogP contribution < -0.4 is 5.32 Å². The summed E-state index contributed by atoms with van der Waals surface area (Å²) >= 11 is 5.97. The minimum Gasteiger partial charge on any atom is -0.469 e. The molecule has 0 aliphatic heterocycles. The Balaban J connectivity index is 2.70. The maximum absolute atomic E-state index is 13.8. The summed E-state index contributed by atoms with van der Waals surface area (Å²) in [6.07, 6.45) is 0. The van der Waals surface area contributed by atoms with Crippen LogP contribution in [0.25, 0.3) is 0 Å². The van der Waals surface area contributed by atoms with Crippen LogP contribution in [0.15, 0.2) is 18.2 Å². The van der Waals surface area contributed by atoms with Crippen LogP contribution in [0.5, 0.6) is 0 Å². The van der Waals surface area contributed by atoms with E-state index < -0.39 is 29.8 Å². The van der Waals surface area contributed by atoms with Gasteiger partial charge in [-0.3, -0.25) is 4.79 Å². The number of urea groups is 1. The fourth-order valence-corrected chi connectivity index (χ4v) is 2.39. The maximum atomic E-state index is 13.8. The maximum Gasteiger partial charge on any atom is 0.317 e. The molecule has 0 aromatic heterocycles. The molecule has 1 aromatic carbocycles. The first-order valence-electron chi connectivity index (χ1n) is 6.81. The monoisotopic (exact) mass is 330 g/mol. The molecule has 1 N–H and O–H groups in total. The minimum absolute atomic E-state index is 0.191. The van der Waals surface area contributed by atoms with Gasteiger partial charge in [0.2, 0.25) is 0 Å². The van der Waals surface area contributed by atoms with Gasteiger partial charge in [0.25, 0.3) is 0 Å². The molecule has 0 bridgehead atoms. The van der Waals surface area contributed by atoms with Gasteiger partial charge in [-0.15, -0.1) is 0 Å². The molecule has 0 aliphatic rings. The molecule has 1 aromatic rings. The summed E-state index contributed by atoms with van der Waals surface area (Å²) in [6.45, 7) is 3.49. The molecule has 0 spiro atoms. The summed E-state index contributed by atoms with van der Waals surface area (Å²) < 4.78 is 18.4. The number of amides is 2. The van der Waals surface area contributed by atoms with Crippen molar-refractivity contribution in [2.24, 2.45) is 5.92 Å². The summed E-state index contributed by atoms with van der Waals surface area (Å²) in [6, 6.07) is 3.32. The van der Waals surface area contributed by atoms with E-state index in [1.807, 2.05) is 0 Å². The van der Waals surface area contributed by atoms with E-state index in [9.17, 15) is 14.0 Å². The molecule has 7 heteroatoms. The van der Waals surface area contributed by atoms with Crippen LogP contribution in [0.2, 0.25) is 5.02 Å². The average molecular weight is 331 g/mol. The Morgan fingerprint density at radius 1 is 1.41 bits per heavy atom. The number of hydrogen-bond donors (Lipinski definition) is 1. The second kappa shape index (κ2) is 7.98. The number of methoxy groups -OCH3 is 1. The number of esters is 1. The number of nitrogens with one attached hydrogen (secondary N) is 1. The number of benzene rings is 1. The average Bonchev–Trinajstić information content (AvgIpc) is 2.45. The van der Waals surface area contributed by atoms with Crippen LogP contribution in [0, 0.1) is 11.7 Å². The lowest BCUT2D eigenvalue weighted by Gasteiger charge is -2.24. The van der Waals surface area contributed by atoms with Gasteiger partial charge < -0.3 is 15.0 Å². The van der Waals surface area contributed by atoms with E-state index in [-0.39, 0.29) is 17.1 Å². The van der Waals surface area contributed by atoms with Gasteiger partial charge in [0.15, 0.2) is 0 Å². The predicted octanol–water partition coefficient (Wildman–Crippen LogP) is 2.99. The van der Waals surface area contributed by atoms with Crippen LogP contribution in [0.3, 0.4) is 0 Å². The van der Waals surface area contributed by atoms with E-state index in [0.717, 1.165) is 0 Å². The van der Waals surface area contributed by atoms with E-state index in [2.05, 4.69) is 10.1 Å². The summed E-state index contributed by atoms with van der Waals surface area (Å²) in [5, 5.41) is 2.90. The van der Waals surface area contributed by atoms with Gasteiger partial charge in [0.1, 0.15) is 5.82 Å². The Bertz CT molecular complexity index is 533. The molecule has 2 unspecified atom stereocenters. The number of ether oxygens (including phenoxy) is 1. The lowest BCUT2D eigenvalue weighted by Crippen LogP contribution is -2.42. The molecule has 0 heterocycles. The van der Waals surface area contributed by atoms with Gasteiger partial charge in [0, 0.05) is 24.2 Å².